The predicted octanol–water partition coefficient (Wildman–Crippen LogP) is 1.81. The van der Waals surface area contributed by atoms with Crippen molar-refractivity contribution in [3.63, 3.8) is 0 Å². The molecular weight excluding hydrogens is 317 g/mol. The number of β-amino-alcohol motifs (C(OH)–C–C–N with tert-alkyl or cyclic N) is 1. The molecule has 1 saturated heterocycles. The number of benzene rings is 1. The third-order valence-electron chi connectivity index (χ3n) is 2.79. The first kappa shape index (κ1) is 11.9. The number of nitrogens with zero attached hydrogens (tertiary/aromatic N) is 1. The third-order valence-corrected chi connectivity index (χ3v) is 3.68. The van der Waals surface area contributed by atoms with E-state index in [1.807, 2.05) is 25.1 Å². The number of aliphatic hydroxyl groups is 1. The second-order valence-electron chi connectivity index (χ2n) is 4.59. The first-order valence-electron chi connectivity index (χ1n) is 5.17. The van der Waals surface area contributed by atoms with Crippen LogP contribution < -0.4 is 0 Å². The van der Waals surface area contributed by atoms with Gasteiger partial charge in [0.15, 0.2) is 0 Å². The average Bonchev–Trinajstić information content (AvgIpc) is 2.13. The molecular formula is C12H14INO2. The maximum atomic E-state index is 12.2. The summed E-state index contributed by atoms with van der Waals surface area (Å²) < 4.78 is 0.967. The highest BCUT2D eigenvalue weighted by Crippen LogP contribution is 2.25. The lowest BCUT2D eigenvalue weighted by molar-refractivity contribution is -0.0669. The Balaban J connectivity index is 2.23. The van der Waals surface area contributed by atoms with E-state index in [1.165, 1.54) is 0 Å². The molecule has 0 atom stereocenters. The number of rotatable bonds is 1. The molecule has 0 bridgehead atoms. The summed E-state index contributed by atoms with van der Waals surface area (Å²) in [6, 6.07) is 5.81. The van der Waals surface area contributed by atoms with Crippen LogP contribution in [0.2, 0.25) is 0 Å². The van der Waals surface area contributed by atoms with E-state index in [0.29, 0.717) is 13.1 Å². The molecule has 1 fully saturated rings. The Kier molecular flexibility index (Phi) is 2.96. The Hall–Kier alpha value is -0.620. The van der Waals surface area contributed by atoms with Crippen LogP contribution in [-0.2, 0) is 0 Å². The van der Waals surface area contributed by atoms with Gasteiger partial charge in [-0.1, -0.05) is 12.1 Å². The first-order valence-corrected chi connectivity index (χ1v) is 6.25. The Morgan fingerprint density at radius 3 is 2.62 bits per heavy atom. The molecule has 1 N–H and O–H groups in total. The lowest BCUT2D eigenvalue weighted by Gasteiger charge is -2.44. The molecule has 0 aliphatic carbocycles. The predicted molar refractivity (Wildman–Crippen MR) is 70.4 cm³/mol. The highest BCUT2D eigenvalue weighted by Gasteiger charge is 2.40. The van der Waals surface area contributed by atoms with Gasteiger partial charge in [0, 0.05) is 3.57 Å². The van der Waals surface area contributed by atoms with Gasteiger partial charge in [0.1, 0.15) is 0 Å². The van der Waals surface area contributed by atoms with E-state index < -0.39 is 5.60 Å². The summed E-state index contributed by atoms with van der Waals surface area (Å²) >= 11 is 2.17. The SMILES string of the molecule is Cc1cccc(I)c1C(=O)N1CC(C)(O)C1. The van der Waals surface area contributed by atoms with E-state index in [1.54, 1.807) is 11.8 Å². The van der Waals surface area contributed by atoms with Gasteiger partial charge in [-0.15, -0.1) is 0 Å². The fraction of sp³-hybridized carbons (Fsp3) is 0.417. The maximum absolute atomic E-state index is 12.2. The number of amides is 1. The van der Waals surface area contributed by atoms with E-state index in [-0.39, 0.29) is 5.91 Å². The zero-order chi connectivity index (χ0) is 11.9. The summed E-state index contributed by atoms with van der Waals surface area (Å²) in [5.74, 6) is 0.0222. The standard InChI is InChI=1S/C12H14INO2/c1-8-4-3-5-9(13)10(8)11(15)14-6-12(2,16)7-14/h3-5,16H,6-7H2,1-2H3. The van der Waals surface area contributed by atoms with E-state index in [2.05, 4.69) is 22.6 Å². The second-order valence-corrected chi connectivity index (χ2v) is 5.75. The molecule has 4 heteroatoms. The van der Waals surface area contributed by atoms with Crippen LogP contribution in [0.15, 0.2) is 18.2 Å². The van der Waals surface area contributed by atoms with Crippen molar-refractivity contribution >= 4 is 28.5 Å². The van der Waals surface area contributed by atoms with Gasteiger partial charge in [-0.05, 0) is 48.1 Å². The molecule has 1 aromatic carbocycles. The van der Waals surface area contributed by atoms with Crippen molar-refractivity contribution in [2.75, 3.05) is 13.1 Å². The topological polar surface area (TPSA) is 40.5 Å². The Bertz CT molecular complexity index is 414. The number of carbonyl (C=O) groups is 1. The van der Waals surface area contributed by atoms with Gasteiger partial charge < -0.3 is 10.0 Å². The van der Waals surface area contributed by atoms with Gasteiger partial charge in [-0.2, -0.15) is 0 Å². The average molecular weight is 331 g/mol. The minimum atomic E-state index is -0.705. The molecule has 1 heterocycles. The normalized spacial score (nSPS) is 18.1. The lowest BCUT2D eigenvalue weighted by atomic mass is 9.95. The molecule has 1 aliphatic rings. The van der Waals surface area contributed by atoms with Gasteiger partial charge in [-0.25, -0.2) is 0 Å². The zero-order valence-corrected chi connectivity index (χ0v) is 11.5. The van der Waals surface area contributed by atoms with E-state index >= 15 is 0 Å². The van der Waals surface area contributed by atoms with Crippen molar-refractivity contribution < 1.29 is 9.90 Å². The Labute approximate surface area is 109 Å². The summed E-state index contributed by atoms with van der Waals surface area (Å²) in [7, 11) is 0. The summed E-state index contributed by atoms with van der Waals surface area (Å²) in [5, 5.41) is 9.62. The molecule has 86 valence electrons. The van der Waals surface area contributed by atoms with Crippen molar-refractivity contribution in [2.24, 2.45) is 0 Å². The third kappa shape index (κ3) is 2.08. The first-order chi connectivity index (χ1) is 7.41. The minimum absolute atomic E-state index is 0.0222. The smallest absolute Gasteiger partial charge is 0.255 e. The van der Waals surface area contributed by atoms with Crippen LogP contribution in [0.5, 0.6) is 0 Å². The largest absolute Gasteiger partial charge is 0.386 e. The van der Waals surface area contributed by atoms with Crippen molar-refractivity contribution in [2.45, 2.75) is 19.4 Å². The highest BCUT2D eigenvalue weighted by molar-refractivity contribution is 14.1. The van der Waals surface area contributed by atoms with Crippen molar-refractivity contribution in [1.29, 1.82) is 0 Å². The summed E-state index contributed by atoms with van der Waals surface area (Å²) in [6.07, 6.45) is 0. The molecule has 1 aromatic rings. The monoisotopic (exact) mass is 331 g/mol. The van der Waals surface area contributed by atoms with Gasteiger partial charge >= 0.3 is 0 Å². The van der Waals surface area contributed by atoms with E-state index in [0.717, 1.165) is 14.7 Å². The van der Waals surface area contributed by atoms with Crippen LogP contribution in [0.3, 0.4) is 0 Å². The molecule has 0 unspecified atom stereocenters. The van der Waals surface area contributed by atoms with Gasteiger partial charge in [0.2, 0.25) is 0 Å². The number of hydrogen-bond donors (Lipinski definition) is 1. The molecule has 3 nitrogen and oxygen atoms in total. The van der Waals surface area contributed by atoms with Crippen LogP contribution in [0.25, 0.3) is 0 Å². The Morgan fingerprint density at radius 1 is 1.50 bits per heavy atom. The highest BCUT2D eigenvalue weighted by atomic mass is 127. The molecule has 0 aromatic heterocycles. The number of hydrogen-bond acceptors (Lipinski definition) is 2. The summed E-state index contributed by atoms with van der Waals surface area (Å²) in [6.45, 7) is 4.54. The molecule has 1 amide bonds. The number of halogens is 1. The molecule has 16 heavy (non-hydrogen) atoms. The molecule has 0 saturated carbocycles. The van der Waals surface area contributed by atoms with Crippen LogP contribution in [0.1, 0.15) is 22.8 Å². The fourth-order valence-electron chi connectivity index (χ4n) is 1.98. The van der Waals surface area contributed by atoms with E-state index in [4.69, 9.17) is 0 Å². The van der Waals surface area contributed by atoms with Gasteiger partial charge in [0.05, 0.1) is 24.3 Å². The van der Waals surface area contributed by atoms with Crippen molar-refractivity contribution in [3.05, 3.63) is 32.9 Å². The quantitative estimate of drug-likeness (QED) is 0.798. The van der Waals surface area contributed by atoms with Gasteiger partial charge in [-0.3, -0.25) is 4.79 Å². The number of carbonyl (C=O) groups excluding carboxylic acids is 1. The second kappa shape index (κ2) is 4.00. The maximum Gasteiger partial charge on any atom is 0.255 e. The molecule has 0 radical (unpaired) electrons. The number of likely N-dealkylation sites (tertiary alicyclic amines) is 1. The summed E-state index contributed by atoms with van der Waals surface area (Å²) in [5.41, 5.74) is 1.05. The summed E-state index contributed by atoms with van der Waals surface area (Å²) in [4.78, 5) is 13.9. The zero-order valence-electron chi connectivity index (χ0n) is 9.33. The minimum Gasteiger partial charge on any atom is -0.386 e. The van der Waals surface area contributed by atoms with Crippen molar-refractivity contribution in [3.8, 4) is 0 Å². The van der Waals surface area contributed by atoms with Gasteiger partial charge in [0.25, 0.3) is 5.91 Å². The molecule has 1 aliphatic heterocycles. The van der Waals surface area contributed by atoms with Crippen LogP contribution in [0, 0.1) is 10.5 Å². The van der Waals surface area contributed by atoms with Crippen LogP contribution in [0.4, 0.5) is 0 Å². The fourth-order valence-corrected chi connectivity index (χ4v) is 2.84. The lowest BCUT2D eigenvalue weighted by Crippen LogP contribution is -2.61. The van der Waals surface area contributed by atoms with Crippen LogP contribution >= 0.6 is 22.6 Å². The van der Waals surface area contributed by atoms with Crippen molar-refractivity contribution in [1.82, 2.24) is 4.90 Å². The number of aryl methyl sites for hydroxylation is 1. The van der Waals surface area contributed by atoms with Crippen LogP contribution in [-0.4, -0.2) is 34.6 Å². The molecule has 2 rings (SSSR count). The Morgan fingerprint density at radius 2 is 2.12 bits per heavy atom. The molecule has 0 spiro atoms. The van der Waals surface area contributed by atoms with E-state index in [9.17, 15) is 9.90 Å².